The molecule has 0 saturated carbocycles. The van der Waals surface area contributed by atoms with Crippen molar-refractivity contribution in [1.29, 1.82) is 0 Å². The maximum absolute atomic E-state index is 9.65. The highest BCUT2D eigenvalue weighted by Crippen LogP contribution is 2.25. The van der Waals surface area contributed by atoms with Gasteiger partial charge in [-0.15, -0.1) is 6.42 Å². The van der Waals surface area contributed by atoms with Crippen LogP contribution in [0.25, 0.3) is 0 Å². The first-order valence-corrected chi connectivity index (χ1v) is 3.80. The summed E-state index contributed by atoms with van der Waals surface area (Å²) < 4.78 is 0. The van der Waals surface area contributed by atoms with Gasteiger partial charge in [0.25, 0.3) is 0 Å². The van der Waals surface area contributed by atoms with E-state index in [9.17, 15) is 10.2 Å². The van der Waals surface area contributed by atoms with Gasteiger partial charge in [0, 0.05) is 0 Å². The fraction of sp³-hybridized carbons (Fsp3) is 0.778. The second kappa shape index (κ2) is 3.25. The van der Waals surface area contributed by atoms with E-state index in [-0.39, 0.29) is 0 Å². The first-order chi connectivity index (χ1) is 4.87. The zero-order valence-electron chi connectivity index (χ0n) is 7.39. The SMILES string of the molecule is C#CC(C)(O)C(C)(O)CCC. The third-order valence-corrected chi connectivity index (χ3v) is 2.07. The normalized spacial score (nSPS) is 21.5. The van der Waals surface area contributed by atoms with E-state index in [0.717, 1.165) is 6.42 Å². The molecule has 0 saturated heterocycles. The van der Waals surface area contributed by atoms with Crippen molar-refractivity contribution < 1.29 is 10.2 Å². The molecule has 0 aromatic rings. The van der Waals surface area contributed by atoms with Gasteiger partial charge in [-0.1, -0.05) is 19.3 Å². The maximum Gasteiger partial charge on any atom is 0.150 e. The fourth-order valence-corrected chi connectivity index (χ4v) is 0.886. The molecule has 2 atom stereocenters. The molecule has 0 aliphatic rings. The van der Waals surface area contributed by atoms with E-state index in [2.05, 4.69) is 5.92 Å². The number of terminal acetylenes is 1. The fourth-order valence-electron chi connectivity index (χ4n) is 0.886. The van der Waals surface area contributed by atoms with Gasteiger partial charge >= 0.3 is 0 Å². The van der Waals surface area contributed by atoms with Crippen molar-refractivity contribution in [3.63, 3.8) is 0 Å². The van der Waals surface area contributed by atoms with Crippen LogP contribution in [0.1, 0.15) is 33.6 Å². The zero-order valence-corrected chi connectivity index (χ0v) is 7.39. The van der Waals surface area contributed by atoms with E-state index in [1.807, 2.05) is 6.92 Å². The van der Waals surface area contributed by atoms with Gasteiger partial charge in [-0.2, -0.15) is 0 Å². The molecule has 2 nitrogen and oxygen atoms in total. The van der Waals surface area contributed by atoms with Crippen molar-refractivity contribution in [2.45, 2.75) is 44.8 Å². The van der Waals surface area contributed by atoms with Gasteiger partial charge in [0.05, 0.1) is 0 Å². The minimum Gasteiger partial charge on any atom is -0.386 e. The molecule has 0 radical (unpaired) electrons. The summed E-state index contributed by atoms with van der Waals surface area (Å²) in [5, 5.41) is 19.1. The Morgan fingerprint density at radius 1 is 1.36 bits per heavy atom. The van der Waals surface area contributed by atoms with Crippen LogP contribution in [0.5, 0.6) is 0 Å². The minimum absolute atomic E-state index is 0.504. The molecule has 2 N–H and O–H groups in total. The minimum atomic E-state index is -1.43. The predicted molar refractivity (Wildman–Crippen MR) is 45.0 cm³/mol. The maximum atomic E-state index is 9.65. The Morgan fingerprint density at radius 3 is 2.09 bits per heavy atom. The molecule has 0 fully saturated rings. The first kappa shape index (κ1) is 10.5. The molecule has 0 aromatic heterocycles. The molecule has 64 valence electrons. The molecule has 2 heteroatoms. The van der Waals surface area contributed by atoms with E-state index < -0.39 is 11.2 Å². The highest BCUT2D eigenvalue weighted by molar-refractivity contribution is 5.13. The van der Waals surface area contributed by atoms with Gasteiger partial charge in [-0.25, -0.2) is 0 Å². The lowest BCUT2D eigenvalue weighted by Gasteiger charge is -2.34. The van der Waals surface area contributed by atoms with Gasteiger partial charge in [-0.3, -0.25) is 0 Å². The van der Waals surface area contributed by atoms with E-state index in [0.29, 0.717) is 6.42 Å². The standard InChI is InChI=1S/C9H16O2/c1-5-7-9(4,11)8(3,10)6-2/h2,10-11H,5,7H2,1,3-4H3. The Labute approximate surface area is 68.2 Å². The number of aliphatic hydroxyl groups is 2. The van der Waals surface area contributed by atoms with Crippen molar-refractivity contribution in [2.24, 2.45) is 0 Å². The Balaban J connectivity index is 4.42. The molecule has 0 rings (SSSR count). The summed E-state index contributed by atoms with van der Waals surface area (Å²) in [6, 6.07) is 0. The lowest BCUT2D eigenvalue weighted by Crippen LogP contribution is -2.48. The summed E-state index contributed by atoms with van der Waals surface area (Å²) >= 11 is 0. The molecule has 0 aliphatic heterocycles. The van der Waals surface area contributed by atoms with Gasteiger partial charge in [0.1, 0.15) is 5.60 Å². The molecule has 0 aliphatic carbocycles. The van der Waals surface area contributed by atoms with Crippen LogP contribution >= 0.6 is 0 Å². The molecular formula is C9H16O2. The van der Waals surface area contributed by atoms with Gasteiger partial charge < -0.3 is 10.2 Å². The second-order valence-corrected chi connectivity index (χ2v) is 3.24. The lowest BCUT2D eigenvalue weighted by atomic mass is 9.83. The number of hydrogen-bond acceptors (Lipinski definition) is 2. The number of rotatable bonds is 3. The van der Waals surface area contributed by atoms with Crippen LogP contribution in [0.15, 0.2) is 0 Å². The average molecular weight is 156 g/mol. The van der Waals surface area contributed by atoms with E-state index in [1.54, 1.807) is 6.92 Å². The topological polar surface area (TPSA) is 40.5 Å². The van der Waals surface area contributed by atoms with Crippen molar-refractivity contribution >= 4 is 0 Å². The Morgan fingerprint density at radius 2 is 1.82 bits per heavy atom. The van der Waals surface area contributed by atoms with E-state index in [4.69, 9.17) is 6.42 Å². The second-order valence-electron chi connectivity index (χ2n) is 3.24. The molecule has 0 heterocycles. The Bertz CT molecular complexity index is 163. The Hall–Kier alpha value is -0.520. The molecule has 0 amide bonds. The average Bonchev–Trinajstić information content (AvgIpc) is 1.87. The summed E-state index contributed by atoms with van der Waals surface area (Å²) in [6.07, 6.45) is 6.36. The van der Waals surface area contributed by atoms with Crippen LogP contribution in [-0.4, -0.2) is 21.4 Å². The van der Waals surface area contributed by atoms with Crippen LogP contribution in [0.2, 0.25) is 0 Å². The van der Waals surface area contributed by atoms with E-state index >= 15 is 0 Å². The summed E-state index contributed by atoms with van der Waals surface area (Å²) in [5.74, 6) is 2.17. The summed E-state index contributed by atoms with van der Waals surface area (Å²) in [5.41, 5.74) is -2.61. The van der Waals surface area contributed by atoms with Crippen molar-refractivity contribution in [1.82, 2.24) is 0 Å². The summed E-state index contributed by atoms with van der Waals surface area (Å²) in [4.78, 5) is 0. The molecule has 11 heavy (non-hydrogen) atoms. The molecule has 0 bridgehead atoms. The van der Waals surface area contributed by atoms with Crippen LogP contribution in [0, 0.1) is 12.3 Å². The smallest absolute Gasteiger partial charge is 0.150 e. The van der Waals surface area contributed by atoms with Crippen LogP contribution in [0.4, 0.5) is 0 Å². The molecule has 2 unspecified atom stereocenters. The van der Waals surface area contributed by atoms with Crippen LogP contribution in [-0.2, 0) is 0 Å². The highest BCUT2D eigenvalue weighted by Gasteiger charge is 2.39. The third-order valence-electron chi connectivity index (χ3n) is 2.07. The van der Waals surface area contributed by atoms with Crippen molar-refractivity contribution in [3.05, 3.63) is 0 Å². The Kier molecular flexibility index (Phi) is 3.10. The van der Waals surface area contributed by atoms with Crippen molar-refractivity contribution in [2.75, 3.05) is 0 Å². The highest BCUT2D eigenvalue weighted by atomic mass is 16.4. The van der Waals surface area contributed by atoms with Crippen molar-refractivity contribution in [3.8, 4) is 12.3 Å². The van der Waals surface area contributed by atoms with Gasteiger partial charge in [-0.05, 0) is 20.3 Å². The summed E-state index contributed by atoms with van der Waals surface area (Å²) in [7, 11) is 0. The molecular weight excluding hydrogens is 140 g/mol. The number of hydrogen-bond donors (Lipinski definition) is 2. The quantitative estimate of drug-likeness (QED) is 0.596. The molecule has 0 aromatic carbocycles. The lowest BCUT2D eigenvalue weighted by molar-refractivity contribution is -0.0996. The monoisotopic (exact) mass is 156 g/mol. The van der Waals surface area contributed by atoms with E-state index in [1.165, 1.54) is 6.92 Å². The van der Waals surface area contributed by atoms with Gasteiger partial charge in [0.15, 0.2) is 5.60 Å². The van der Waals surface area contributed by atoms with Crippen LogP contribution < -0.4 is 0 Å². The first-order valence-electron chi connectivity index (χ1n) is 3.80. The molecule has 0 spiro atoms. The largest absolute Gasteiger partial charge is 0.386 e. The van der Waals surface area contributed by atoms with Crippen LogP contribution in [0.3, 0.4) is 0 Å². The van der Waals surface area contributed by atoms with Gasteiger partial charge in [0.2, 0.25) is 0 Å². The third kappa shape index (κ3) is 2.21. The summed E-state index contributed by atoms with van der Waals surface area (Å²) in [6.45, 7) is 4.93. The predicted octanol–water partition coefficient (Wildman–Crippen LogP) is 0.922. The zero-order chi connectivity index (χ0) is 9.12.